The zero-order valence-corrected chi connectivity index (χ0v) is 12.4. The number of carbonyl (C=O) groups excluding carboxylic acids is 4. The molecule has 0 radical (unpaired) electrons. The Labute approximate surface area is 136 Å². The quantitative estimate of drug-likeness (QED) is 0.666. The van der Waals surface area contributed by atoms with E-state index in [-0.39, 0.29) is 11.1 Å². The highest BCUT2D eigenvalue weighted by molar-refractivity contribution is 6.11. The maximum atomic E-state index is 12.1. The van der Waals surface area contributed by atoms with Crippen molar-refractivity contribution >= 4 is 23.9 Å². The van der Waals surface area contributed by atoms with E-state index in [1.807, 2.05) is 10.6 Å². The SMILES string of the molecule is NC(=O)NC(=O)c1ccccc1-c1ccccc1C(=O)NC(N)=O. The first-order chi connectivity index (χ1) is 11.4. The van der Waals surface area contributed by atoms with Crippen LogP contribution >= 0.6 is 0 Å². The number of imide groups is 2. The third-order valence-electron chi connectivity index (χ3n) is 3.11. The van der Waals surface area contributed by atoms with Crippen molar-refractivity contribution in [2.75, 3.05) is 0 Å². The Morgan fingerprint density at radius 1 is 0.625 bits per heavy atom. The first-order valence-corrected chi connectivity index (χ1v) is 6.80. The first-order valence-electron chi connectivity index (χ1n) is 6.80. The van der Waals surface area contributed by atoms with E-state index in [9.17, 15) is 19.2 Å². The molecular weight excluding hydrogens is 312 g/mol. The molecule has 0 spiro atoms. The molecule has 0 saturated heterocycles. The summed E-state index contributed by atoms with van der Waals surface area (Å²) in [6, 6.07) is 10.7. The van der Waals surface area contributed by atoms with Crippen molar-refractivity contribution in [2.24, 2.45) is 11.5 Å². The van der Waals surface area contributed by atoms with Gasteiger partial charge < -0.3 is 11.5 Å². The maximum absolute atomic E-state index is 12.1. The lowest BCUT2D eigenvalue weighted by atomic mass is 9.94. The number of benzene rings is 2. The number of carbonyl (C=O) groups is 4. The van der Waals surface area contributed by atoms with Gasteiger partial charge >= 0.3 is 12.1 Å². The summed E-state index contributed by atoms with van der Waals surface area (Å²) in [6.07, 6.45) is 0. The van der Waals surface area contributed by atoms with E-state index in [1.165, 1.54) is 12.1 Å². The van der Waals surface area contributed by atoms with E-state index in [0.717, 1.165) is 0 Å². The van der Waals surface area contributed by atoms with E-state index in [4.69, 9.17) is 11.5 Å². The number of hydrogen-bond acceptors (Lipinski definition) is 4. The third-order valence-corrected chi connectivity index (χ3v) is 3.11. The average Bonchev–Trinajstić information content (AvgIpc) is 2.53. The fraction of sp³-hybridized carbons (Fsp3) is 0. The van der Waals surface area contributed by atoms with Crippen molar-refractivity contribution in [3.63, 3.8) is 0 Å². The van der Waals surface area contributed by atoms with Crippen molar-refractivity contribution in [3.05, 3.63) is 59.7 Å². The number of hydrogen-bond donors (Lipinski definition) is 4. The molecule has 0 aromatic heterocycles. The molecule has 0 fully saturated rings. The van der Waals surface area contributed by atoms with E-state index in [1.54, 1.807) is 36.4 Å². The van der Waals surface area contributed by atoms with Gasteiger partial charge in [0.1, 0.15) is 0 Å². The molecule has 6 N–H and O–H groups in total. The summed E-state index contributed by atoms with van der Waals surface area (Å²) in [6.45, 7) is 0. The smallest absolute Gasteiger partial charge is 0.319 e. The molecule has 0 bridgehead atoms. The van der Waals surface area contributed by atoms with Crippen LogP contribution in [0.3, 0.4) is 0 Å². The van der Waals surface area contributed by atoms with Gasteiger partial charge in [-0.1, -0.05) is 36.4 Å². The minimum absolute atomic E-state index is 0.149. The standard InChI is InChI=1S/C16H14N4O4/c17-15(23)19-13(21)11-7-3-1-5-9(11)10-6-2-4-8-12(10)14(22)20-16(18)24/h1-8H,(H3,17,19,21,23)(H3,18,20,22,24). The molecule has 2 aromatic carbocycles. The highest BCUT2D eigenvalue weighted by Gasteiger charge is 2.19. The van der Waals surface area contributed by atoms with Crippen molar-refractivity contribution in [3.8, 4) is 11.1 Å². The molecule has 24 heavy (non-hydrogen) atoms. The van der Waals surface area contributed by atoms with Crippen LogP contribution in [0, 0.1) is 0 Å². The van der Waals surface area contributed by atoms with Crippen LogP contribution in [0.2, 0.25) is 0 Å². The molecule has 0 aliphatic heterocycles. The van der Waals surface area contributed by atoms with Crippen molar-refractivity contribution < 1.29 is 19.2 Å². The molecule has 122 valence electrons. The molecule has 0 heterocycles. The van der Waals surface area contributed by atoms with Gasteiger partial charge in [0.2, 0.25) is 0 Å². The molecular formula is C16H14N4O4. The van der Waals surface area contributed by atoms with E-state index in [0.29, 0.717) is 11.1 Å². The Balaban J connectivity index is 2.54. The van der Waals surface area contributed by atoms with Crippen LogP contribution in [0.25, 0.3) is 11.1 Å². The van der Waals surface area contributed by atoms with Crippen LogP contribution in [-0.2, 0) is 0 Å². The Hall–Kier alpha value is -3.68. The van der Waals surface area contributed by atoms with Gasteiger partial charge in [-0.25, -0.2) is 9.59 Å². The second-order valence-corrected chi connectivity index (χ2v) is 4.73. The summed E-state index contributed by atoms with van der Waals surface area (Å²) < 4.78 is 0. The number of nitrogens with two attached hydrogens (primary N) is 2. The zero-order chi connectivity index (χ0) is 17.7. The fourth-order valence-electron chi connectivity index (χ4n) is 2.19. The molecule has 0 atom stereocenters. The Kier molecular flexibility index (Phi) is 4.90. The van der Waals surface area contributed by atoms with Crippen LogP contribution in [0.15, 0.2) is 48.5 Å². The van der Waals surface area contributed by atoms with Gasteiger partial charge in [-0.3, -0.25) is 20.2 Å². The van der Waals surface area contributed by atoms with Gasteiger partial charge in [0.05, 0.1) is 0 Å². The lowest BCUT2D eigenvalue weighted by molar-refractivity contribution is 0.0955. The van der Waals surface area contributed by atoms with Gasteiger partial charge in [0, 0.05) is 11.1 Å². The summed E-state index contributed by atoms with van der Waals surface area (Å²) in [5.41, 5.74) is 11.0. The largest absolute Gasteiger partial charge is 0.351 e. The summed E-state index contributed by atoms with van der Waals surface area (Å²) in [5, 5.41) is 3.95. The molecule has 2 rings (SSSR count). The molecule has 0 aliphatic carbocycles. The molecule has 0 aliphatic rings. The van der Waals surface area contributed by atoms with E-state index < -0.39 is 23.9 Å². The summed E-state index contributed by atoms with van der Waals surface area (Å²) in [5.74, 6) is -1.41. The number of primary amides is 2. The topological polar surface area (TPSA) is 144 Å². The molecule has 6 amide bonds. The van der Waals surface area contributed by atoms with E-state index >= 15 is 0 Å². The normalized spacial score (nSPS) is 9.83. The minimum Gasteiger partial charge on any atom is -0.351 e. The molecule has 8 heteroatoms. The van der Waals surface area contributed by atoms with Gasteiger partial charge in [-0.15, -0.1) is 0 Å². The van der Waals surface area contributed by atoms with Gasteiger partial charge in [0.25, 0.3) is 11.8 Å². The monoisotopic (exact) mass is 326 g/mol. The first kappa shape index (κ1) is 16.7. The van der Waals surface area contributed by atoms with Crippen molar-refractivity contribution in [1.29, 1.82) is 0 Å². The van der Waals surface area contributed by atoms with Crippen molar-refractivity contribution in [2.45, 2.75) is 0 Å². The maximum Gasteiger partial charge on any atom is 0.319 e. The van der Waals surface area contributed by atoms with Crippen LogP contribution < -0.4 is 22.1 Å². The molecule has 2 aromatic rings. The highest BCUT2D eigenvalue weighted by atomic mass is 16.2. The summed E-state index contributed by atoms with van der Waals surface area (Å²) in [4.78, 5) is 46.0. The van der Waals surface area contributed by atoms with E-state index in [2.05, 4.69) is 0 Å². The third kappa shape index (κ3) is 3.74. The van der Waals surface area contributed by atoms with Gasteiger partial charge in [-0.05, 0) is 23.3 Å². The second kappa shape index (κ2) is 7.05. The van der Waals surface area contributed by atoms with Gasteiger partial charge in [-0.2, -0.15) is 0 Å². The molecule has 0 saturated carbocycles. The molecule has 8 nitrogen and oxygen atoms in total. The fourth-order valence-corrected chi connectivity index (χ4v) is 2.19. The number of urea groups is 2. The average molecular weight is 326 g/mol. The summed E-state index contributed by atoms with van der Waals surface area (Å²) in [7, 11) is 0. The second-order valence-electron chi connectivity index (χ2n) is 4.73. The Bertz CT molecular complexity index is 763. The number of amides is 6. The Morgan fingerprint density at radius 3 is 1.29 bits per heavy atom. The van der Waals surface area contributed by atoms with Crippen LogP contribution in [0.1, 0.15) is 20.7 Å². The van der Waals surface area contributed by atoms with Crippen molar-refractivity contribution in [1.82, 2.24) is 10.6 Å². The lowest BCUT2D eigenvalue weighted by Gasteiger charge is -2.12. The Morgan fingerprint density at radius 2 is 0.958 bits per heavy atom. The van der Waals surface area contributed by atoms with Crippen LogP contribution in [-0.4, -0.2) is 23.9 Å². The number of rotatable bonds is 3. The predicted molar refractivity (Wildman–Crippen MR) is 86.0 cm³/mol. The van der Waals surface area contributed by atoms with Crippen LogP contribution in [0.4, 0.5) is 9.59 Å². The number of nitrogens with one attached hydrogen (secondary N) is 2. The molecule has 0 unspecified atom stereocenters. The lowest BCUT2D eigenvalue weighted by Crippen LogP contribution is -2.36. The summed E-state index contributed by atoms with van der Waals surface area (Å²) >= 11 is 0. The van der Waals surface area contributed by atoms with Gasteiger partial charge in [0.15, 0.2) is 0 Å². The predicted octanol–water partition coefficient (Wildman–Crippen LogP) is 0.971. The highest BCUT2D eigenvalue weighted by Crippen LogP contribution is 2.27. The minimum atomic E-state index is -0.991. The zero-order valence-electron chi connectivity index (χ0n) is 12.4. The van der Waals surface area contributed by atoms with Crippen LogP contribution in [0.5, 0.6) is 0 Å².